The van der Waals surface area contributed by atoms with Gasteiger partial charge >= 0.3 is 6.18 Å². The molecular weight excluding hydrogens is 355 g/mol. The summed E-state index contributed by atoms with van der Waals surface area (Å²) in [7, 11) is 0. The highest BCUT2D eigenvalue weighted by Crippen LogP contribution is 2.33. The highest BCUT2D eigenvalue weighted by Gasteiger charge is 2.38. The molecule has 0 N–H and O–H groups in total. The van der Waals surface area contributed by atoms with Crippen molar-refractivity contribution in [2.75, 3.05) is 13.1 Å². The van der Waals surface area contributed by atoms with E-state index in [2.05, 4.69) is 4.98 Å². The molecule has 1 aromatic heterocycles. The summed E-state index contributed by atoms with van der Waals surface area (Å²) in [5.74, 6) is -0.609. The molecule has 1 aliphatic rings. The third-order valence-electron chi connectivity index (χ3n) is 5.00. The molecule has 7 heteroatoms. The van der Waals surface area contributed by atoms with Crippen molar-refractivity contribution in [1.29, 1.82) is 0 Å². The number of carbonyl (C=O) groups is 1. The van der Waals surface area contributed by atoms with Crippen LogP contribution in [0.5, 0.6) is 0 Å². The highest BCUT2D eigenvalue weighted by atomic mass is 19.4. The predicted octanol–water partition coefficient (Wildman–Crippen LogP) is 4.73. The Morgan fingerprint density at radius 3 is 2.37 bits per heavy atom. The number of carbonyl (C=O) groups excluding carboxylic acids is 1. The van der Waals surface area contributed by atoms with Crippen LogP contribution in [0.4, 0.5) is 13.2 Å². The Morgan fingerprint density at radius 2 is 1.78 bits per heavy atom. The molecule has 0 aliphatic carbocycles. The first-order chi connectivity index (χ1) is 12.5. The lowest BCUT2D eigenvalue weighted by atomic mass is 9.90. The normalized spacial score (nSPS) is 16.9. The van der Waals surface area contributed by atoms with Gasteiger partial charge in [0.05, 0.1) is 11.0 Å². The number of hydrogen-bond donors (Lipinski definition) is 0. The van der Waals surface area contributed by atoms with Crippen LogP contribution in [0.2, 0.25) is 0 Å². The molecule has 0 radical (unpaired) electrons. The lowest BCUT2D eigenvalue weighted by Crippen LogP contribution is -2.40. The number of alkyl halides is 3. The molecule has 3 rings (SSSR count). The second-order valence-electron chi connectivity index (χ2n) is 8.59. The third-order valence-corrected chi connectivity index (χ3v) is 5.00. The van der Waals surface area contributed by atoms with Crippen molar-refractivity contribution in [3.8, 4) is 0 Å². The second-order valence-corrected chi connectivity index (χ2v) is 8.59. The van der Waals surface area contributed by atoms with Crippen molar-refractivity contribution in [3.05, 3.63) is 30.1 Å². The largest absolute Gasteiger partial charge is 0.449 e. The maximum atomic E-state index is 13.4. The number of para-hydroxylation sites is 2. The quantitative estimate of drug-likeness (QED) is 0.771. The summed E-state index contributed by atoms with van der Waals surface area (Å²) in [5, 5.41) is 0. The van der Waals surface area contributed by atoms with Gasteiger partial charge in [0.1, 0.15) is 0 Å². The van der Waals surface area contributed by atoms with Crippen molar-refractivity contribution in [2.45, 2.75) is 52.8 Å². The van der Waals surface area contributed by atoms with E-state index in [1.807, 2.05) is 25.7 Å². The minimum Gasteiger partial charge on any atom is -0.343 e. The van der Waals surface area contributed by atoms with Crippen LogP contribution in [0.3, 0.4) is 0 Å². The zero-order valence-corrected chi connectivity index (χ0v) is 16.0. The van der Waals surface area contributed by atoms with Crippen LogP contribution < -0.4 is 0 Å². The average molecular weight is 381 g/mol. The van der Waals surface area contributed by atoms with Crippen LogP contribution in [0.15, 0.2) is 24.3 Å². The van der Waals surface area contributed by atoms with E-state index in [1.165, 1.54) is 4.57 Å². The van der Waals surface area contributed by atoms with Gasteiger partial charge in [-0.05, 0) is 36.3 Å². The standard InChI is InChI=1S/C20H26F3N3O/c1-19(2,3)12-17(27)25-10-8-14(9-11-25)13-26-16-7-5-4-6-15(16)24-18(26)20(21,22)23/h4-7,14H,8-13H2,1-3H3. The molecule has 27 heavy (non-hydrogen) atoms. The van der Waals surface area contributed by atoms with Crippen molar-refractivity contribution < 1.29 is 18.0 Å². The first kappa shape index (κ1) is 19.7. The number of likely N-dealkylation sites (tertiary alicyclic amines) is 1. The summed E-state index contributed by atoms with van der Waals surface area (Å²) >= 11 is 0. The maximum Gasteiger partial charge on any atom is 0.449 e. The Labute approximate surface area is 157 Å². The third kappa shape index (κ3) is 4.62. The Hall–Kier alpha value is -2.05. The Morgan fingerprint density at radius 1 is 1.15 bits per heavy atom. The van der Waals surface area contributed by atoms with Gasteiger partial charge in [-0.25, -0.2) is 4.98 Å². The molecule has 0 bridgehead atoms. The number of piperidine rings is 1. The van der Waals surface area contributed by atoms with E-state index in [-0.39, 0.29) is 23.8 Å². The number of imidazole rings is 1. The molecule has 4 nitrogen and oxygen atoms in total. The minimum absolute atomic E-state index is 0.0642. The van der Waals surface area contributed by atoms with Gasteiger partial charge in [0.25, 0.3) is 0 Å². The Bertz CT molecular complexity index is 812. The molecule has 0 spiro atoms. The molecule has 0 atom stereocenters. The van der Waals surface area contributed by atoms with Gasteiger partial charge in [0.2, 0.25) is 11.7 Å². The lowest BCUT2D eigenvalue weighted by molar-refractivity contribution is -0.147. The molecule has 2 aromatic rings. The zero-order chi connectivity index (χ0) is 19.8. The second kappa shape index (κ2) is 7.17. The fraction of sp³-hybridized carbons (Fsp3) is 0.600. The van der Waals surface area contributed by atoms with Gasteiger partial charge in [-0.1, -0.05) is 32.9 Å². The summed E-state index contributed by atoms with van der Waals surface area (Å²) in [6, 6.07) is 6.71. The summed E-state index contributed by atoms with van der Waals surface area (Å²) in [5.41, 5.74) is 0.810. The fourth-order valence-corrected chi connectivity index (χ4v) is 3.67. The molecule has 2 heterocycles. The number of halogens is 3. The van der Waals surface area contributed by atoms with Crippen molar-refractivity contribution in [3.63, 3.8) is 0 Å². The van der Waals surface area contributed by atoms with E-state index in [0.29, 0.717) is 43.4 Å². The van der Waals surface area contributed by atoms with Crippen LogP contribution in [-0.2, 0) is 17.5 Å². The Balaban J connectivity index is 1.72. The first-order valence-electron chi connectivity index (χ1n) is 9.35. The monoisotopic (exact) mass is 381 g/mol. The topological polar surface area (TPSA) is 38.1 Å². The summed E-state index contributed by atoms with van der Waals surface area (Å²) in [4.78, 5) is 18.0. The lowest BCUT2D eigenvalue weighted by Gasteiger charge is -2.34. The van der Waals surface area contributed by atoms with Crippen molar-refractivity contribution in [1.82, 2.24) is 14.5 Å². The number of rotatable bonds is 3. The van der Waals surface area contributed by atoms with Crippen LogP contribution in [-0.4, -0.2) is 33.4 Å². The molecule has 0 unspecified atom stereocenters. The predicted molar refractivity (Wildman–Crippen MR) is 98.1 cm³/mol. The number of nitrogens with zero attached hydrogens (tertiary/aromatic N) is 3. The first-order valence-corrected chi connectivity index (χ1v) is 9.35. The average Bonchev–Trinajstić information content (AvgIpc) is 2.93. The minimum atomic E-state index is -4.48. The van der Waals surface area contributed by atoms with E-state index in [9.17, 15) is 18.0 Å². The van der Waals surface area contributed by atoms with Gasteiger partial charge in [-0.15, -0.1) is 0 Å². The van der Waals surface area contributed by atoms with Crippen LogP contribution in [0.25, 0.3) is 11.0 Å². The van der Waals surface area contributed by atoms with E-state index in [4.69, 9.17) is 0 Å². The SMILES string of the molecule is CC(C)(C)CC(=O)N1CCC(Cn2c(C(F)(F)F)nc3ccccc32)CC1. The zero-order valence-electron chi connectivity index (χ0n) is 16.0. The van der Waals surface area contributed by atoms with Gasteiger partial charge in [-0.3, -0.25) is 4.79 Å². The molecule has 148 valence electrons. The molecule has 1 amide bonds. The molecule has 1 aliphatic heterocycles. The number of aromatic nitrogens is 2. The van der Waals surface area contributed by atoms with Crippen molar-refractivity contribution in [2.24, 2.45) is 11.3 Å². The van der Waals surface area contributed by atoms with E-state index >= 15 is 0 Å². The molecule has 1 aromatic carbocycles. The van der Waals surface area contributed by atoms with Gasteiger partial charge in [0.15, 0.2) is 0 Å². The highest BCUT2D eigenvalue weighted by molar-refractivity contribution is 5.77. The number of fused-ring (bicyclic) bond motifs is 1. The summed E-state index contributed by atoms with van der Waals surface area (Å²) in [6.07, 6.45) is -2.58. The van der Waals surface area contributed by atoms with Crippen LogP contribution in [0, 0.1) is 11.3 Å². The van der Waals surface area contributed by atoms with Crippen molar-refractivity contribution >= 4 is 16.9 Å². The van der Waals surface area contributed by atoms with Crippen LogP contribution >= 0.6 is 0 Å². The number of hydrogen-bond acceptors (Lipinski definition) is 2. The summed E-state index contributed by atoms with van der Waals surface area (Å²) in [6.45, 7) is 7.57. The molecule has 0 saturated carbocycles. The van der Waals surface area contributed by atoms with Gasteiger partial charge < -0.3 is 9.47 Å². The smallest absolute Gasteiger partial charge is 0.343 e. The van der Waals surface area contributed by atoms with E-state index in [1.54, 1.807) is 24.3 Å². The van der Waals surface area contributed by atoms with E-state index in [0.717, 1.165) is 0 Å². The molecule has 1 fully saturated rings. The number of amides is 1. The number of benzene rings is 1. The van der Waals surface area contributed by atoms with Gasteiger partial charge in [0, 0.05) is 26.1 Å². The van der Waals surface area contributed by atoms with Crippen LogP contribution in [0.1, 0.15) is 45.9 Å². The maximum absolute atomic E-state index is 13.4. The Kier molecular flexibility index (Phi) is 5.23. The molecular formula is C20H26F3N3O. The fourth-order valence-electron chi connectivity index (χ4n) is 3.67. The molecule has 1 saturated heterocycles. The van der Waals surface area contributed by atoms with Gasteiger partial charge in [-0.2, -0.15) is 13.2 Å². The van der Waals surface area contributed by atoms with E-state index < -0.39 is 12.0 Å². The summed E-state index contributed by atoms with van der Waals surface area (Å²) < 4.78 is 41.6.